The summed E-state index contributed by atoms with van der Waals surface area (Å²) < 4.78 is 5.29. The van der Waals surface area contributed by atoms with Crippen LogP contribution in [0.4, 0.5) is 5.69 Å². The molecule has 0 spiro atoms. The van der Waals surface area contributed by atoms with E-state index >= 15 is 0 Å². The van der Waals surface area contributed by atoms with Crippen LogP contribution in [-0.4, -0.2) is 35.0 Å². The maximum absolute atomic E-state index is 12.5. The van der Waals surface area contributed by atoms with E-state index in [1.807, 2.05) is 25.1 Å². The standard InChI is InChI=1S/C17H18N2O5/c1-11-4-7-16(24-3)13(8-11)10-18(2)17(21)12-5-6-14(19(22)23)15(20)9-12/h4-9,20H,10H2,1-3H3. The van der Waals surface area contributed by atoms with E-state index < -0.39 is 16.4 Å². The molecule has 0 fully saturated rings. The molecule has 0 aliphatic rings. The van der Waals surface area contributed by atoms with Crippen LogP contribution in [-0.2, 0) is 6.54 Å². The molecule has 1 N–H and O–H groups in total. The topological polar surface area (TPSA) is 92.9 Å². The molecule has 126 valence electrons. The van der Waals surface area contributed by atoms with Gasteiger partial charge >= 0.3 is 5.69 Å². The van der Waals surface area contributed by atoms with Crippen LogP contribution < -0.4 is 4.74 Å². The molecule has 2 rings (SSSR count). The zero-order chi connectivity index (χ0) is 17.9. The summed E-state index contributed by atoms with van der Waals surface area (Å²) in [6.07, 6.45) is 0. The van der Waals surface area contributed by atoms with Crippen molar-refractivity contribution in [2.45, 2.75) is 13.5 Å². The maximum Gasteiger partial charge on any atom is 0.310 e. The number of hydrogen-bond donors (Lipinski definition) is 1. The van der Waals surface area contributed by atoms with Gasteiger partial charge in [0, 0.05) is 30.8 Å². The third-order valence-corrected chi connectivity index (χ3v) is 3.61. The minimum absolute atomic E-state index is 0.173. The fourth-order valence-corrected chi connectivity index (χ4v) is 2.39. The first-order valence-corrected chi connectivity index (χ1v) is 7.20. The molecule has 7 nitrogen and oxygen atoms in total. The average molecular weight is 330 g/mol. The van der Waals surface area contributed by atoms with Gasteiger partial charge in [0.2, 0.25) is 0 Å². The van der Waals surface area contributed by atoms with E-state index in [-0.39, 0.29) is 11.5 Å². The number of phenols is 1. The zero-order valence-corrected chi connectivity index (χ0v) is 13.6. The first kappa shape index (κ1) is 17.3. The molecule has 0 aliphatic heterocycles. The third kappa shape index (κ3) is 3.62. The SMILES string of the molecule is COc1ccc(C)cc1CN(C)C(=O)c1ccc([N+](=O)[O-])c(O)c1. The molecular formula is C17H18N2O5. The number of benzene rings is 2. The molecule has 7 heteroatoms. The third-order valence-electron chi connectivity index (χ3n) is 3.61. The number of carbonyl (C=O) groups is 1. The van der Waals surface area contributed by atoms with Crippen molar-refractivity contribution in [2.75, 3.05) is 14.2 Å². The summed E-state index contributed by atoms with van der Waals surface area (Å²) in [5.41, 5.74) is 1.63. The highest BCUT2D eigenvalue weighted by molar-refractivity contribution is 5.94. The van der Waals surface area contributed by atoms with Gasteiger partial charge in [-0.1, -0.05) is 17.7 Å². The van der Waals surface area contributed by atoms with E-state index in [9.17, 15) is 20.0 Å². The Morgan fingerprint density at radius 2 is 2.00 bits per heavy atom. The van der Waals surface area contributed by atoms with Crippen molar-refractivity contribution in [3.05, 3.63) is 63.2 Å². The number of ether oxygens (including phenoxy) is 1. The van der Waals surface area contributed by atoms with Crippen molar-refractivity contribution < 1.29 is 19.6 Å². The molecule has 0 aromatic heterocycles. The van der Waals surface area contributed by atoms with Gasteiger partial charge in [-0.3, -0.25) is 14.9 Å². The van der Waals surface area contributed by atoms with Crippen molar-refractivity contribution in [3.8, 4) is 11.5 Å². The van der Waals surface area contributed by atoms with Gasteiger partial charge < -0.3 is 14.7 Å². The average Bonchev–Trinajstić information content (AvgIpc) is 2.53. The number of phenolic OH excluding ortho intramolecular Hbond substituents is 1. The summed E-state index contributed by atoms with van der Waals surface area (Å²) >= 11 is 0. The second-order valence-electron chi connectivity index (χ2n) is 5.44. The predicted octanol–water partition coefficient (Wildman–Crippen LogP) is 2.89. The molecule has 0 radical (unpaired) electrons. The molecule has 0 saturated carbocycles. The summed E-state index contributed by atoms with van der Waals surface area (Å²) in [5, 5.41) is 20.4. The Balaban J connectivity index is 2.23. The van der Waals surface area contributed by atoms with Crippen LogP contribution in [0.25, 0.3) is 0 Å². The van der Waals surface area contributed by atoms with Crippen LogP contribution in [0.15, 0.2) is 36.4 Å². The van der Waals surface area contributed by atoms with E-state index in [4.69, 9.17) is 4.74 Å². The lowest BCUT2D eigenvalue weighted by Gasteiger charge is -2.19. The highest BCUT2D eigenvalue weighted by Gasteiger charge is 2.19. The minimum Gasteiger partial charge on any atom is -0.502 e. The lowest BCUT2D eigenvalue weighted by atomic mass is 10.1. The number of carbonyl (C=O) groups excluding carboxylic acids is 1. The van der Waals surface area contributed by atoms with Crippen LogP contribution in [0.5, 0.6) is 11.5 Å². The van der Waals surface area contributed by atoms with Crippen LogP contribution >= 0.6 is 0 Å². The van der Waals surface area contributed by atoms with Gasteiger partial charge in [-0.05, 0) is 25.1 Å². The summed E-state index contributed by atoms with van der Waals surface area (Å²) in [6, 6.07) is 9.22. The molecule has 0 saturated heterocycles. The number of aromatic hydroxyl groups is 1. The number of amides is 1. The van der Waals surface area contributed by atoms with Crippen molar-refractivity contribution in [3.63, 3.8) is 0 Å². The van der Waals surface area contributed by atoms with Gasteiger partial charge in [0.15, 0.2) is 5.75 Å². The molecule has 0 unspecified atom stereocenters. The predicted molar refractivity (Wildman–Crippen MR) is 88.3 cm³/mol. The van der Waals surface area contributed by atoms with Crippen LogP contribution in [0.3, 0.4) is 0 Å². The number of nitro groups is 1. The Kier molecular flexibility index (Phi) is 5.03. The van der Waals surface area contributed by atoms with Crippen molar-refractivity contribution in [2.24, 2.45) is 0 Å². The number of hydrogen-bond acceptors (Lipinski definition) is 5. The minimum atomic E-state index is -0.703. The Bertz CT molecular complexity index is 789. The van der Waals surface area contributed by atoms with E-state index in [2.05, 4.69) is 0 Å². The fraction of sp³-hybridized carbons (Fsp3) is 0.235. The van der Waals surface area contributed by atoms with Gasteiger partial charge in [0.25, 0.3) is 5.91 Å². The second-order valence-corrected chi connectivity index (χ2v) is 5.44. The Labute approximate surface area is 139 Å². The highest BCUT2D eigenvalue weighted by atomic mass is 16.6. The normalized spacial score (nSPS) is 10.3. The van der Waals surface area contributed by atoms with Crippen LogP contribution in [0.1, 0.15) is 21.5 Å². The Morgan fingerprint density at radius 3 is 2.58 bits per heavy atom. The van der Waals surface area contributed by atoms with Gasteiger partial charge in [0.1, 0.15) is 5.75 Å². The first-order chi connectivity index (χ1) is 11.3. The molecule has 24 heavy (non-hydrogen) atoms. The summed E-state index contributed by atoms with van der Waals surface area (Å²) in [4.78, 5) is 23.9. The summed E-state index contributed by atoms with van der Waals surface area (Å²) in [7, 11) is 3.17. The maximum atomic E-state index is 12.5. The molecule has 2 aromatic carbocycles. The molecular weight excluding hydrogens is 312 g/mol. The largest absolute Gasteiger partial charge is 0.502 e. The van der Waals surface area contributed by atoms with Crippen LogP contribution in [0.2, 0.25) is 0 Å². The highest BCUT2D eigenvalue weighted by Crippen LogP contribution is 2.27. The summed E-state index contributed by atoms with van der Waals surface area (Å²) in [6.45, 7) is 2.25. The molecule has 0 aliphatic carbocycles. The van der Waals surface area contributed by atoms with Gasteiger partial charge in [-0.2, -0.15) is 0 Å². The Morgan fingerprint density at radius 1 is 1.29 bits per heavy atom. The number of rotatable bonds is 5. The number of methoxy groups -OCH3 is 1. The lowest BCUT2D eigenvalue weighted by Crippen LogP contribution is -2.26. The lowest BCUT2D eigenvalue weighted by molar-refractivity contribution is -0.385. The number of nitro benzene ring substituents is 1. The van der Waals surface area contributed by atoms with Gasteiger partial charge in [-0.25, -0.2) is 0 Å². The van der Waals surface area contributed by atoms with Gasteiger partial charge in [0.05, 0.1) is 12.0 Å². The van der Waals surface area contributed by atoms with E-state index in [1.165, 1.54) is 11.0 Å². The molecule has 2 aromatic rings. The van der Waals surface area contributed by atoms with E-state index in [0.717, 1.165) is 23.3 Å². The van der Waals surface area contributed by atoms with Crippen LogP contribution in [0, 0.1) is 17.0 Å². The summed E-state index contributed by atoms with van der Waals surface area (Å²) in [5.74, 6) is -0.220. The fourth-order valence-electron chi connectivity index (χ4n) is 2.39. The smallest absolute Gasteiger partial charge is 0.310 e. The van der Waals surface area contributed by atoms with Crippen molar-refractivity contribution in [1.82, 2.24) is 4.90 Å². The van der Waals surface area contributed by atoms with Gasteiger partial charge in [-0.15, -0.1) is 0 Å². The molecule has 1 amide bonds. The van der Waals surface area contributed by atoms with E-state index in [0.29, 0.717) is 12.3 Å². The number of nitrogens with zero attached hydrogens (tertiary/aromatic N) is 2. The molecule has 0 heterocycles. The quantitative estimate of drug-likeness (QED) is 0.672. The monoisotopic (exact) mass is 330 g/mol. The molecule has 0 atom stereocenters. The Hall–Kier alpha value is -3.09. The first-order valence-electron chi connectivity index (χ1n) is 7.20. The van der Waals surface area contributed by atoms with Crippen molar-refractivity contribution in [1.29, 1.82) is 0 Å². The van der Waals surface area contributed by atoms with E-state index in [1.54, 1.807) is 14.2 Å². The zero-order valence-electron chi connectivity index (χ0n) is 13.6. The van der Waals surface area contributed by atoms with Crippen molar-refractivity contribution >= 4 is 11.6 Å². The molecule has 0 bridgehead atoms. The second kappa shape index (κ2) is 6.99. The number of aryl methyl sites for hydroxylation is 1.